The van der Waals surface area contributed by atoms with E-state index in [9.17, 15) is 13.6 Å². The molecule has 21 heavy (non-hydrogen) atoms. The van der Waals surface area contributed by atoms with Crippen LogP contribution >= 0.6 is 11.8 Å². The summed E-state index contributed by atoms with van der Waals surface area (Å²) in [5.41, 5.74) is 0.291. The highest BCUT2D eigenvalue weighted by Crippen LogP contribution is 2.28. The molecule has 2 rings (SSSR count). The Bertz CT molecular complexity index is 478. The van der Waals surface area contributed by atoms with Gasteiger partial charge in [-0.05, 0) is 31.4 Å². The number of carbonyl (C=O) groups excluding carboxylic acids is 1. The largest absolute Gasteiger partial charge is 0.376 e. The maximum Gasteiger partial charge on any atom is 0.288 e. The summed E-state index contributed by atoms with van der Waals surface area (Å²) in [7, 11) is 0. The van der Waals surface area contributed by atoms with Gasteiger partial charge in [-0.25, -0.2) is 0 Å². The Morgan fingerprint density at radius 3 is 2.86 bits per heavy atom. The normalized spacial score (nSPS) is 19.7. The van der Waals surface area contributed by atoms with Gasteiger partial charge in [0, 0.05) is 11.5 Å². The first-order valence-electron chi connectivity index (χ1n) is 7.08. The molecular formula is C15H19F2NO2S. The number of halogens is 2. The molecule has 0 aromatic heterocycles. The lowest BCUT2D eigenvalue weighted by Gasteiger charge is -2.23. The van der Waals surface area contributed by atoms with Gasteiger partial charge in [-0.1, -0.05) is 30.8 Å². The van der Waals surface area contributed by atoms with Crippen LogP contribution in [0.15, 0.2) is 29.2 Å². The standard InChI is InChI=1S/C15H19F2NO2S/c1-2-11(12-7-5-9-20-12)18-14(19)10-6-3-4-8-13(10)21-15(16)17/h3-4,6,8,11-12,15H,2,5,7,9H2,1H3,(H,18,19)/t11-,12+/m1/s1. The maximum atomic E-state index is 12.5. The Balaban J connectivity index is 2.08. The average Bonchev–Trinajstić information content (AvgIpc) is 2.98. The van der Waals surface area contributed by atoms with E-state index in [2.05, 4.69) is 5.32 Å². The lowest BCUT2D eigenvalue weighted by molar-refractivity contribution is 0.0664. The summed E-state index contributed by atoms with van der Waals surface area (Å²) in [5, 5.41) is 2.92. The molecule has 1 N–H and O–H groups in total. The summed E-state index contributed by atoms with van der Waals surface area (Å²) in [5.74, 6) is -2.86. The molecule has 2 atom stereocenters. The lowest BCUT2D eigenvalue weighted by atomic mass is 10.0. The molecule has 1 heterocycles. The van der Waals surface area contributed by atoms with Crippen molar-refractivity contribution < 1.29 is 18.3 Å². The second kappa shape index (κ2) is 7.75. The van der Waals surface area contributed by atoms with Crippen molar-refractivity contribution in [1.82, 2.24) is 5.32 Å². The van der Waals surface area contributed by atoms with Gasteiger partial charge < -0.3 is 10.1 Å². The zero-order valence-corrected chi connectivity index (χ0v) is 12.7. The third kappa shape index (κ3) is 4.41. The third-order valence-electron chi connectivity index (χ3n) is 3.52. The minimum absolute atomic E-state index is 0.0221. The molecule has 1 aromatic carbocycles. The molecule has 6 heteroatoms. The summed E-state index contributed by atoms with van der Waals surface area (Å²) in [6.07, 6.45) is 2.69. The van der Waals surface area contributed by atoms with Crippen LogP contribution < -0.4 is 5.32 Å². The maximum absolute atomic E-state index is 12.5. The number of amides is 1. The first-order valence-corrected chi connectivity index (χ1v) is 7.96. The molecule has 0 radical (unpaired) electrons. The molecule has 116 valence electrons. The monoisotopic (exact) mass is 315 g/mol. The van der Waals surface area contributed by atoms with Gasteiger partial charge in [0.05, 0.1) is 17.7 Å². The van der Waals surface area contributed by atoms with Crippen LogP contribution in [0, 0.1) is 0 Å². The summed E-state index contributed by atoms with van der Waals surface area (Å²) >= 11 is 0.395. The molecule has 1 aliphatic rings. The van der Waals surface area contributed by atoms with Gasteiger partial charge in [0.1, 0.15) is 0 Å². The molecule has 1 aromatic rings. The van der Waals surface area contributed by atoms with E-state index in [1.807, 2.05) is 6.92 Å². The van der Waals surface area contributed by atoms with Gasteiger partial charge in [0.2, 0.25) is 0 Å². The fourth-order valence-electron chi connectivity index (χ4n) is 2.48. The fraction of sp³-hybridized carbons (Fsp3) is 0.533. The second-order valence-electron chi connectivity index (χ2n) is 4.91. The van der Waals surface area contributed by atoms with E-state index in [0.717, 1.165) is 25.9 Å². The number of hydrogen-bond donors (Lipinski definition) is 1. The van der Waals surface area contributed by atoms with E-state index in [-0.39, 0.29) is 18.1 Å². The molecule has 1 saturated heterocycles. The second-order valence-corrected chi connectivity index (χ2v) is 5.95. The minimum atomic E-state index is -2.54. The highest BCUT2D eigenvalue weighted by Gasteiger charge is 2.27. The van der Waals surface area contributed by atoms with Crippen LogP contribution in [-0.4, -0.2) is 30.4 Å². The van der Waals surface area contributed by atoms with Crippen molar-refractivity contribution in [3.63, 3.8) is 0 Å². The number of rotatable bonds is 6. The molecule has 0 bridgehead atoms. The summed E-state index contributed by atoms with van der Waals surface area (Å²) in [6.45, 7) is 2.70. The van der Waals surface area contributed by atoms with Crippen LogP contribution in [0.5, 0.6) is 0 Å². The predicted molar refractivity (Wildman–Crippen MR) is 78.8 cm³/mol. The van der Waals surface area contributed by atoms with Gasteiger partial charge in [0.15, 0.2) is 0 Å². The van der Waals surface area contributed by atoms with Crippen LogP contribution in [0.2, 0.25) is 0 Å². The van der Waals surface area contributed by atoms with Crippen molar-refractivity contribution in [3.05, 3.63) is 29.8 Å². The molecule has 0 aliphatic carbocycles. The molecule has 0 saturated carbocycles. The Labute approximate surface area is 127 Å². The molecular weight excluding hydrogens is 296 g/mol. The fourth-order valence-corrected chi connectivity index (χ4v) is 3.11. The van der Waals surface area contributed by atoms with Crippen LogP contribution in [-0.2, 0) is 4.74 Å². The Morgan fingerprint density at radius 2 is 2.24 bits per heavy atom. The van der Waals surface area contributed by atoms with E-state index < -0.39 is 5.76 Å². The van der Waals surface area contributed by atoms with E-state index in [1.54, 1.807) is 24.3 Å². The molecule has 1 amide bonds. The van der Waals surface area contributed by atoms with Gasteiger partial charge >= 0.3 is 0 Å². The summed E-state index contributed by atoms with van der Waals surface area (Å²) in [4.78, 5) is 12.6. The zero-order chi connectivity index (χ0) is 15.2. The van der Waals surface area contributed by atoms with E-state index in [1.165, 1.54) is 0 Å². The van der Waals surface area contributed by atoms with Gasteiger partial charge in [-0.15, -0.1) is 0 Å². The predicted octanol–water partition coefficient (Wildman–Crippen LogP) is 3.69. The molecule has 0 spiro atoms. The number of ether oxygens (including phenoxy) is 1. The first-order chi connectivity index (χ1) is 10.1. The first kappa shape index (κ1) is 16.2. The van der Waals surface area contributed by atoms with Crippen molar-refractivity contribution in [1.29, 1.82) is 0 Å². The molecule has 0 unspecified atom stereocenters. The zero-order valence-electron chi connectivity index (χ0n) is 11.9. The average molecular weight is 315 g/mol. The summed E-state index contributed by atoms with van der Waals surface area (Å²) in [6, 6.07) is 6.36. The van der Waals surface area contributed by atoms with Crippen molar-refractivity contribution in [2.24, 2.45) is 0 Å². The van der Waals surface area contributed by atoms with E-state index in [0.29, 0.717) is 22.2 Å². The lowest BCUT2D eigenvalue weighted by Crippen LogP contribution is -2.42. The van der Waals surface area contributed by atoms with Gasteiger partial charge in [0.25, 0.3) is 11.7 Å². The topological polar surface area (TPSA) is 38.3 Å². The van der Waals surface area contributed by atoms with Crippen LogP contribution in [0.3, 0.4) is 0 Å². The van der Waals surface area contributed by atoms with Crippen molar-refractivity contribution in [3.8, 4) is 0 Å². The highest BCUT2D eigenvalue weighted by atomic mass is 32.2. The molecule has 3 nitrogen and oxygen atoms in total. The van der Waals surface area contributed by atoms with Crippen molar-refractivity contribution in [2.45, 2.75) is 49.0 Å². The van der Waals surface area contributed by atoms with Crippen molar-refractivity contribution in [2.75, 3.05) is 6.61 Å². The van der Waals surface area contributed by atoms with Gasteiger partial charge in [-0.3, -0.25) is 4.79 Å². The SMILES string of the molecule is CC[C@@H](NC(=O)c1ccccc1SC(F)F)[C@@H]1CCCO1. The van der Waals surface area contributed by atoms with Crippen molar-refractivity contribution >= 4 is 17.7 Å². The number of nitrogens with one attached hydrogen (secondary N) is 1. The highest BCUT2D eigenvalue weighted by molar-refractivity contribution is 7.99. The Kier molecular flexibility index (Phi) is 5.99. The Morgan fingerprint density at radius 1 is 1.48 bits per heavy atom. The van der Waals surface area contributed by atoms with E-state index >= 15 is 0 Å². The number of carbonyl (C=O) groups is 1. The quantitative estimate of drug-likeness (QED) is 0.814. The van der Waals surface area contributed by atoms with Crippen LogP contribution in [0.25, 0.3) is 0 Å². The number of alkyl halides is 2. The third-order valence-corrected chi connectivity index (χ3v) is 4.31. The number of thioether (sulfide) groups is 1. The minimum Gasteiger partial charge on any atom is -0.376 e. The van der Waals surface area contributed by atoms with E-state index in [4.69, 9.17) is 4.74 Å². The number of benzene rings is 1. The molecule has 1 aliphatic heterocycles. The van der Waals surface area contributed by atoms with Crippen LogP contribution in [0.1, 0.15) is 36.5 Å². The van der Waals surface area contributed by atoms with Crippen LogP contribution in [0.4, 0.5) is 8.78 Å². The Hall–Kier alpha value is -1.14. The van der Waals surface area contributed by atoms with Gasteiger partial charge in [-0.2, -0.15) is 8.78 Å². The smallest absolute Gasteiger partial charge is 0.288 e. The summed E-state index contributed by atoms with van der Waals surface area (Å²) < 4.78 is 30.7. The number of hydrogen-bond acceptors (Lipinski definition) is 3. The molecule has 1 fully saturated rings.